The lowest BCUT2D eigenvalue weighted by Crippen LogP contribution is -2.15. The van der Waals surface area contributed by atoms with E-state index in [-0.39, 0.29) is 5.56 Å². The second-order valence-electron chi connectivity index (χ2n) is 4.79. The van der Waals surface area contributed by atoms with Gasteiger partial charge < -0.3 is 15.7 Å². The third-order valence-corrected chi connectivity index (χ3v) is 3.11. The lowest BCUT2D eigenvalue weighted by Gasteiger charge is -2.17. The summed E-state index contributed by atoms with van der Waals surface area (Å²) in [7, 11) is 0. The first-order valence-electron chi connectivity index (χ1n) is 6.72. The van der Waals surface area contributed by atoms with Crippen LogP contribution in [0, 0.1) is 11.6 Å². The number of hydrogen-bond acceptors (Lipinski definition) is 3. The molecule has 0 unspecified atom stereocenters. The van der Waals surface area contributed by atoms with Gasteiger partial charge in [0.1, 0.15) is 18.2 Å². The molecule has 6 heteroatoms. The van der Waals surface area contributed by atoms with E-state index in [1.54, 1.807) is 31.2 Å². The molecular formula is C16H16F2N2O2. The highest BCUT2D eigenvalue weighted by Gasteiger charge is 2.15. The Morgan fingerprint density at radius 3 is 2.36 bits per heavy atom. The molecule has 0 aromatic heterocycles. The molecule has 2 aromatic carbocycles. The van der Waals surface area contributed by atoms with Crippen molar-refractivity contribution in [3.63, 3.8) is 0 Å². The van der Waals surface area contributed by atoms with E-state index in [0.29, 0.717) is 11.4 Å². The summed E-state index contributed by atoms with van der Waals surface area (Å²) in [6, 6.07) is 9.78. The van der Waals surface area contributed by atoms with Gasteiger partial charge in [-0.15, -0.1) is 0 Å². The first-order valence-corrected chi connectivity index (χ1v) is 6.72. The fraction of sp³-hybridized carbons (Fsp3) is 0.188. The van der Waals surface area contributed by atoms with Crippen LogP contribution in [-0.4, -0.2) is 17.6 Å². The predicted octanol–water partition coefficient (Wildman–Crippen LogP) is 3.07. The number of amides is 1. The summed E-state index contributed by atoms with van der Waals surface area (Å²) < 4.78 is 27.5. The number of anilines is 2. The smallest absolute Gasteiger partial charge is 0.250 e. The van der Waals surface area contributed by atoms with Gasteiger partial charge in [0.05, 0.1) is 6.04 Å². The van der Waals surface area contributed by atoms with Gasteiger partial charge in [-0.2, -0.15) is 0 Å². The molecule has 4 nitrogen and oxygen atoms in total. The first kappa shape index (κ1) is 15.9. The number of nitrogens with one attached hydrogen (secondary N) is 2. The van der Waals surface area contributed by atoms with Gasteiger partial charge in [0, 0.05) is 16.9 Å². The maximum Gasteiger partial charge on any atom is 0.250 e. The number of aliphatic hydroxyl groups is 1. The molecule has 1 atom stereocenters. The van der Waals surface area contributed by atoms with E-state index in [9.17, 15) is 13.6 Å². The maximum absolute atomic E-state index is 13.7. The lowest BCUT2D eigenvalue weighted by atomic mass is 10.1. The van der Waals surface area contributed by atoms with Gasteiger partial charge in [-0.25, -0.2) is 8.78 Å². The Morgan fingerprint density at radius 1 is 1.14 bits per heavy atom. The minimum Gasteiger partial charge on any atom is -0.387 e. The minimum atomic E-state index is -0.621. The molecule has 22 heavy (non-hydrogen) atoms. The van der Waals surface area contributed by atoms with Crippen molar-refractivity contribution in [2.75, 3.05) is 17.2 Å². The standard InChI is InChI=1S/C16H16F2N2O2/c1-10(16-13(17)6-3-7-14(16)18)19-11-4-2-5-12(8-11)20-15(22)9-21/h2-8,10,19,21H,9H2,1H3,(H,20,22)/t10-/m0/s1. The Hall–Kier alpha value is -2.47. The molecule has 0 radical (unpaired) electrons. The molecule has 0 bridgehead atoms. The summed E-state index contributed by atoms with van der Waals surface area (Å²) in [6.07, 6.45) is 0. The molecule has 0 aliphatic rings. The summed E-state index contributed by atoms with van der Waals surface area (Å²) in [5.74, 6) is -1.78. The van der Waals surface area contributed by atoms with Crippen LogP contribution in [0.15, 0.2) is 42.5 Å². The van der Waals surface area contributed by atoms with Gasteiger partial charge in [-0.1, -0.05) is 12.1 Å². The van der Waals surface area contributed by atoms with Crippen LogP contribution in [0.25, 0.3) is 0 Å². The van der Waals surface area contributed by atoms with Crippen LogP contribution in [0.3, 0.4) is 0 Å². The van der Waals surface area contributed by atoms with Gasteiger partial charge in [-0.05, 0) is 37.3 Å². The average molecular weight is 306 g/mol. The molecule has 0 spiro atoms. The monoisotopic (exact) mass is 306 g/mol. The molecule has 0 fully saturated rings. The van der Waals surface area contributed by atoms with Crippen molar-refractivity contribution < 1.29 is 18.7 Å². The largest absolute Gasteiger partial charge is 0.387 e. The van der Waals surface area contributed by atoms with Crippen molar-refractivity contribution in [2.45, 2.75) is 13.0 Å². The zero-order valence-corrected chi connectivity index (χ0v) is 11.9. The fourth-order valence-electron chi connectivity index (χ4n) is 2.13. The number of carbonyl (C=O) groups excluding carboxylic acids is 1. The highest BCUT2D eigenvalue weighted by atomic mass is 19.1. The molecule has 116 valence electrons. The van der Waals surface area contributed by atoms with E-state index in [1.807, 2.05) is 0 Å². The van der Waals surface area contributed by atoms with Gasteiger partial charge in [0.2, 0.25) is 5.91 Å². The van der Waals surface area contributed by atoms with E-state index < -0.39 is 30.2 Å². The van der Waals surface area contributed by atoms with Crippen LogP contribution in [0.2, 0.25) is 0 Å². The zero-order chi connectivity index (χ0) is 16.1. The molecular weight excluding hydrogens is 290 g/mol. The van der Waals surface area contributed by atoms with E-state index in [2.05, 4.69) is 10.6 Å². The highest BCUT2D eigenvalue weighted by molar-refractivity contribution is 5.91. The normalized spacial score (nSPS) is 11.8. The third kappa shape index (κ3) is 3.79. The molecule has 1 amide bonds. The summed E-state index contributed by atoms with van der Waals surface area (Å²) in [5.41, 5.74) is 1.02. The van der Waals surface area contributed by atoms with Crippen molar-refractivity contribution in [3.8, 4) is 0 Å². The van der Waals surface area contributed by atoms with Crippen LogP contribution in [-0.2, 0) is 4.79 Å². The van der Waals surface area contributed by atoms with E-state index in [0.717, 1.165) is 0 Å². The predicted molar refractivity (Wildman–Crippen MR) is 80.6 cm³/mol. The number of benzene rings is 2. The van der Waals surface area contributed by atoms with E-state index in [1.165, 1.54) is 18.2 Å². The molecule has 0 heterocycles. The molecule has 0 saturated heterocycles. The van der Waals surface area contributed by atoms with E-state index in [4.69, 9.17) is 5.11 Å². The highest BCUT2D eigenvalue weighted by Crippen LogP contribution is 2.25. The third-order valence-electron chi connectivity index (χ3n) is 3.11. The van der Waals surface area contributed by atoms with Gasteiger partial charge in [0.15, 0.2) is 0 Å². The van der Waals surface area contributed by atoms with Crippen molar-refractivity contribution in [1.82, 2.24) is 0 Å². The second-order valence-corrected chi connectivity index (χ2v) is 4.79. The molecule has 2 rings (SSSR count). The van der Waals surface area contributed by atoms with Gasteiger partial charge in [0.25, 0.3) is 0 Å². The van der Waals surface area contributed by atoms with Crippen LogP contribution in [0.1, 0.15) is 18.5 Å². The quantitative estimate of drug-likeness (QED) is 0.795. The average Bonchev–Trinajstić information content (AvgIpc) is 2.47. The Kier molecular flexibility index (Phi) is 5.06. The van der Waals surface area contributed by atoms with Crippen LogP contribution >= 0.6 is 0 Å². The van der Waals surface area contributed by atoms with Crippen molar-refractivity contribution >= 4 is 17.3 Å². The summed E-state index contributed by atoms with van der Waals surface area (Å²) >= 11 is 0. The SMILES string of the molecule is C[C@H](Nc1cccc(NC(=O)CO)c1)c1c(F)cccc1F. The fourth-order valence-corrected chi connectivity index (χ4v) is 2.13. The van der Waals surface area contributed by atoms with Crippen molar-refractivity contribution in [2.24, 2.45) is 0 Å². The Morgan fingerprint density at radius 2 is 1.73 bits per heavy atom. The molecule has 0 aliphatic carbocycles. The van der Waals surface area contributed by atoms with E-state index >= 15 is 0 Å². The number of halogens is 2. The second kappa shape index (κ2) is 7.00. The summed E-state index contributed by atoms with van der Waals surface area (Å²) in [6.45, 7) is 1.02. The van der Waals surface area contributed by atoms with Crippen LogP contribution in [0.5, 0.6) is 0 Å². The molecule has 3 N–H and O–H groups in total. The Labute approximate surface area is 126 Å². The molecule has 2 aromatic rings. The number of carbonyl (C=O) groups is 1. The number of rotatable bonds is 5. The first-order chi connectivity index (χ1) is 10.5. The summed E-state index contributed by atoms with van der Waals surface area (Å²) in [5, 5.41) is 14.2. The van der Waals surface area contributed by atoms with Crippen LogP contribution < -0.4 is 10.6 Å². The van der Waals surface area contributed by atoms with Crippen molar-refractivity contribution in [1.29, 1.82) is 0 Å². The van der Waals surface area contributed by atoms with Crippen molar-refractivity contribution in [3.05, 3.63) is 59.7 Å². The summed E-state index contributed by atoms with van der Waals surface area (Å²) in [4.78, 5) is 11.1. The Bertz CT molecular complexity index is 657. The lowest BCUT2D eigenvalue weighted by molar-refractivity contribution is -0.118. The molecule has 0 aliphatic heterocycles. The van der Waals surface area contributed by atoms with Crippen LogP contribution in [0.4, 0.5) is 20.2 Å². The van der Waals surface area contributed by atoms with Gasteiger partial charge >= 0.3 is 0 Å². The topological polar surface area (TPSA) is 61.4 Å². The Balaban J connectivity index is 2.16. The zero-order valence-electron chi connectivity index (χ0n) is 11.9. The maximum atomic E-state index is 13.7. The number of aliphatic hydroxyl groups excluding tert-OH is 1. The van der Waals surface area contributed by atoms with Gasteiger partial charge in [-0.3, -0.25) is 4.79 Å². The minimum absolute atomic E-state index is 0.0488. The number of hydrogen-bond donors (Lipinski definition) is 3. The molecule has 0 saturated carbocycles.